The first-order valence-electron chi connectivity index (χ1n) is 16.2. The van der Waals surface area contributed by atoms with Gasteiger partial charge in [0.1, 0.15) is 11.2 Å². The van der Waals surface area contributed by atoms with Crippen molar-refractivity contribution in [2.75, 3.05) is 0 Å². The Morgan fingerprint density at radius 3 is 1.55 bits per heavy atom. The van der Waals surface area contributed by atoms with Gasteiger partial charge in [-0.25, -0.2) is 0 Å². The fraction of sp³-hybridized carbons (Fsp3) is 0. The van der Waals surface area contributed by atoms with Gasteiger partial charge in [-0.1, -0.05) is 164 Å². The van der Waals surface area contributed by atoms with E-state index in [1.165, 1.54) is 65.3 Å². The van der Waals surface area contributed by atoms with Crippen LogP contribution in [0.25, 0.3) is 98.4 Å². The van der Waals surface area contributed by atoms with Gasteiger partial charge in [0.2, 0.25) is 0 Å². The summed E-state index contributed by atoms with van der Waals surface area (Å²) in [6, 6.07) is 61.4. The van der Waals surface area contributed by atoms with Crippen LogP contribution in [0.4, 0.5) is 0 Å². The molecule has 0 aliphatic rings. The van der Waals surface area contributed by atoms with Crippen LogP contribution < -0.4 is 0 Å². The molecule has 0 atom stereocenters. The van der Waals surface area contributed by atoms with Crippen molar-refractivity contribution in [2.24, 2.45) is 0 Å². The number of furan rings is 1. The molecule has 0 unspecified atom stereocenters. The number of hydrogen-bond acceptors (Lipinski definition) is 1. The largest absolute Gasteiger partial charge is 0.455 e. The van der Waals surface area contributed by atoms with E-state index in [4.69, 9.17) is 4.42 Å². The van der Waals surface area contributed by atoms with E-state index in [1.807, 2.05) is 0 Å². The Morgan fingerprint density at radius 1 is 0.298 bits per heavy atom. The molecule has 0 fully saturated rings. The van der Waals surface area contributed by atoms with Crippen molar-refractivity contribution >= 4 is 65.0 Å². The smallest absolute Gasteiger partial charge is 0.143 e. The van der Waals surface area contributed by atoms with Gasteiger partial charge in [-0.15, -0.1) is 0 Å². The van der Waals surface area contributed by atoms with Crippen molar-refractivity contribution in [1.82, 2.24) is 0 Å². The minimum absolute atomic E-state index is 0.902. The molecule has 10 rings (SSSR count). The SMILES string of the molecule is c1ccc(-c2cccc3c2oc2cccc(-c4c5ccccc5c(-c5cccc6c5ccc5ccccc56)c5ccccc45)c23)cc1. The summed E-state index contributed by atoms with van der Waals surface area (Å²) in [5.41, 5.74) is 9.05. The number of para-hydroxylation sites is 1. The van der Waals surface area contributed by atoms with Crippen LogP contribution in [0.1, 0.15) is 0 Å². The summed E-state index contributed by atoms with van der Waals surface area (Å²) in [5.74, 6) is 0. The Kier molecular flexibility index (Phi) is 5.64. The van der Waals surface area contributed by atoms with Gasteiger partial charge in [0.15, 0.2) is 0 Å². The predicted octanol–water partition coefficient (Wildman–Crippen LogP) is 13.2. The molecular weight excluding hydrogens is 569 g/mol. The molecule has 0 saturated heterocycles. The molecule has 10 aromatic rings. The maximum absolute atomic E-state index is 6.70. The third kappa shape index (κ3) is 3.84. The van der Waals surface area contributed by atoms with E-state index in [9.17, 15) is 0 Å². The van der Waals surface area contributed by atoms with E-state index in [1.54, 1.807) is 0 Å². The fourth-order valence-corrected chi connectivity index (χ4v) is 7.87. The van der Waals surface area contributed by atoms with Gasteiger partial charge in [-0.3, -0.25) is 0 Å². The molecule has 0 aliphatic carbocycles. The summed E-state index contributed by atoms with van der Waals surface area (Å²) in [5, 5.41) is 12.3. The zero-order valence-corrected chi connectivity index (χ0v) is 25.6. The van der Waals surface area contributed by atoms with E-state index < -0.39 is 0 Å². The topological polar surface area (TPSA) is 13.1 Å². The van der Waals surface area contributed by atoms with E-state index in [0.717, 1.165) is 33.1 Å². The van der Waals surface area contributed by atoms with E-state index in [-0.39, 0.29) is 0 Å². The van der Waals surface area contributed by atoms with Crippen LogP contribution in [0.2, 0.25) is 0 Å². The average molecular weight is 597 g/mol. The van der Waals surface area contributed by atoms with Crippen molar-refractivity contribution in [1.29, 1.82) is 0 Å². The standard InChI is InChI=1S/C46H28O/c1-2-13-29(14-3-1)32-21-10-25-41-45-40(24-12-26-42(45)47-46(32)41)44-38-19-8-6-17-36(38)43(37-18-7-9-20-39(37)44)35-23-11-22-33-31-16-5-4-15-30(31)27-28-34(33)35/h1-28H. The normalized spacial score (nSPS) is 11.8. The summed E-state index contributed by atoms with van der Waals surface area (Å²) in [6.45, 7) is 0. The monoisotopic (exact) mass is 596 g/mol. The summed E-state index contributed by atoms with van der Waals surface area (Å²) in [4.78, 5) is 0. The van der Waals surface area contributed by atoms with Gasteiger partial charge in [-0.2, -0.15) is 0 Å². The molecule has 0 spiro atoms. The van der Waals surface area contributed by atoms with Crippen LogP contribution in [0, 0.1) is 0 Å². The Bertz CT molecular complexity index is 2780. The Balaban J connectivity index is 1.32. The highest BCUT2D eigenvalue weighted by molar-refractivity contribution is 6.28. The Hall–Kier alpha value is -6.18. The molecular formula is C46H28O. The molecule has 0 saturated carbocycles. The Labute approximate surface area is 271 Å². The summed E-state index contributed by atoms with van der Waals surface area (Å²) >= 11 is 0. The minimum atomic E-state index is 0.902. The van der Waals surface area contributed by atoms with E-state index in [2.05, 4.69) is 170 Å². The quantitative estimate of drug-likeness (QED) is 0.146. The summed E-state index contributed by atoms with van der Waals surface area (Å²) in [7, 11) is 0. The van der Waals surface area contributed by atoms with Crippen LogP contribution in [-0.2, 0) is 0 Å². The van der Waals surface area contributed by atoms with E-state index in [0.29, 0.717) is 0 Å². The van der Waals surface area contributed by atoms with Crippen LogP contribution in [0.15, 0.2) is 174 Å². The lowest BCUT2D eigenvalue weighted by Gasteiger charge is -2.19. The maximum atomic E-state index is 6.70. The van der Waals surface area contributed by atoms with Gasteiger partial charge >= 0.3 is 0 Å². The first-order chi connectivity index (χ1) is 23.3. The molecule has 47 heavy (non-hydrogen) atoms. The molecule has 1 heteroatoms. The average Bonchev–Trinajstić information content (AvgIpc) is 3.53. The van der Waals surface area contributed by atoms with Gasteiger partial charge in [0, 0.05) is 16.3 Å². The predicted molar refractivity (Wildman–Crippen MR) is 200 cm³/mol. The highest BCUT2D eigenvalue weighted by Crippen LogP contribution is 2.48. The Morgan fingerprint density at radius 2 is 0.830 bits per heavy atom. The lowest BCUT2D eigenvalue weighted by Crippen LogP contribution is -1.92. The molecule has 9 aromatic carbocycles. The highest BCUT2D eigenvalue weighted by Gasteiger charge is 2.22. The van der Waals surface area contributed by atoms with Crippen LogP contribution in [0.5, 0.6) is 0 Å². The van der Waals surface area contributed by atoms with E-state index >= 15 is 0 Å². The summed E-state index contributed by atoms with van der Waals surface area (Å²) < 4.78 is 6.70. The summed E-state index contributed by atoms with van der Waals surface area (Å²) in [6.07, 6.45) is 0. The molecule has 218 valence electrons. The molecule has 0 radical (unpaired) electrons. The van der Waals surface area contributed by atoms with Gasteiger partial charge in [0.05, 0.1) is 0 Å². The second-order valence-electron chi connectivity index (χ2n) is 12.4. The molecule has 0 bridgehead atoms. The fourth-order valence-electron chi connectivity index (χ4n) is 7.87. The highest BCUT2D eigenvalue weighted by atomic mass is 16.3. The minimum Gasteiger partial charge on any atom is -0.455 e. The van der Waals surface area contributed by atoms with Crippen molar-refractivity contribution in [2.45, 2.75) is 0 Å². The molecule has 1 nitrogen and oxygen atoms in total. The third-order valence-electron chi connectivity index (χ3n) is 9.86. The number of rotatable bonds is 3. The van der Waals surface area contributed by atoms with Gasteiger partial charge < -0.3 is 4.42 Å². The van der Waals surface area contributed by atoms with Crippen molar-refractivity contribution < 1.29 is 4.42 Å². The number of fused-ring (bicyclic) bond motifs is 8. The number of benzene rings is 9. The van der Waals surface area contributed by atoms with Crippen LogP contribution in [0.3, 0.4) is 0 Å². The molecule has 1 aromatic heterocycles. The van der Waals surface area contributed by atoms with Gasteiger partial charge in [-0.05, 0) is 77.0 Å². The lowest BCUT2D eigenvalue weighted by atomic mass is 9.83. The number of hydrogen-bond donors (Lipinski definition) is 0. The maximum Gasteiger partial charge on any atom is 0.143 e. The van der Waals surface area contributed by atoms with Crippen molar-refractivity contribution in [3.05, 3.63) is 170 Å². The second kappa shape index (κ2) is 10.2. The second-order valence-corrected chi connectivity index (χ2v) is 12.4. The third-order valence-corrected chi connectivity index (χ3v) is 9.86. The molecule has 0 amide bonds. The van der Waals surface area contributed by atoms with Crippen LogP contribution in [-0.4, -0.2) is 0 Å². The van der Waals surface area contributed by atoms with Crippen LogP contribution >= 0.6 is 0 Å². The van der Waals surface area contributed by atoms with Crippen molar-refractivity contribution in [3.63, 3.8) is 0 Å². The zero-order valence-electron chi connectivity index (χ0n) is 25.6. The lowest BCUT2D eigenvalue weighted by molar-refractivity contribution is 0.670. The van der Waals surface area contributed by atoms with Crippen molar-refractivity contribution in [3.8, 4) is 33.4 Å². The zero-order chi connectivity index (χ0) is 30.9. The molecule has 0 N–H and O–H groups in total. The molecule has 1 heterocycles. The first-order valence-corrected chi connectivity index (χ1v) is 16.2. The van der Waals surface area contributed by atoms with Gasteiger partial charge in [0.25, 0.3) is 0 Å². The first kappa shape index (κ1) is 26.1. The molecule has 0 aliphatic heterocycles.